The molecule has 0 radical (unpaired) electrons. The Morgan fingerprint density at radius 3 is 2.67 bits per heavy atom. The normalized spacial score (nSPS) is 17.6. The van der Waals surface area contributed by atoms with E-state index in [1.807, 2.05) is 6.07 Å². The Morgan fingerprint density at radius 1 is 1.24 bits per heavy atom. The second kappa shape index (κ2) is 5.00. The van der Waals surface area contributed by atoms with E-state index in [9.17, 15) is 8.42 Å². The molecule has 0 atom stereocenters. The molecule has 0 bridgehead atoms. The number of benzene rings is 2. The number of nitrogens with two attached hydrogens (primary N) is 1. The third kappa shape index (κ3) is 2.76. The molecule has 3 N–H and O–H groups in total. The predicted octanol–water partition coefficient (Wildman–Crippen LogP) is 2.89. The van der Waals surface area contributed by atoms with E-state index in [-0.39, 0.29) is 5.41 Å². The molecule has 0 saturated heterocycles. The molecule has 1 saturated carbocycles. The molecule has 0 spiro atoms. The van der Waals surface area contributed by atoms with Crippen molar-refractivity contribution in [2.75, 3.05) is 12.3 Å². The Kier molecular flexibility index (Phi) is 3.42. The van der Waals surface area contributed by atoms with Gasteiger partial charge in [-0.2, -0.15) is 0 Å². The molecule has 112 valence electrons. The molecule has 5 heteroatoms. The zero-order valence-electron chi connectivity index (χ0n) is 12.1. The summed E-state index contributed by atoms with van der Waals surface area (Å²) >= 11 is 0. The molecular formula is C16H20N2O2S. The van der Waals surface area contributed by atoms with Crippen LogP contribution in [0.4, 0.5) is 5.69 Å². The summed E-state index contributed by atoms with van der Waals surface area (Å²) < 4.78 is 27.9. The van der Waals surface area contributed by atoms with Crippen LogP contribution in [0, 0.1) is 5.41 Å². The van der Waals surface area contributed by atoms with Crippen molar-refractivity contribution in [2.24, 2.45) is 5.41 Å². The van der Waals surface area contributed by atoms with E-state index < -0.39 is 10.0 Å². The van der Waals surface area contributed by atoms with E-state index in [0.29, 0.717) is 22.5 Å². The van der Waals surface area contributed by atoms with Gasteiger partial charge in [0.15, 0.2) is 0 Å². The number of nitrogens with one attached hydrogen (secondary N) is 1. The summed E-state index contributed by atoms with van der Waals surface area (Å²) in [5.74, 6) is 0. The number of hydrogen-bond donors (Lipinski definition) is 2. The van der Waals surface area contributed by atoms with Crippen molar-refractivity contribution in [3.05, 3.63) is 36.4 Å². The van der Waals surface area contributed by atoms with Crippen molar-refractivity contribution in [3.8, 4) is 0 Å². The maximum Gasteiger partial charge on any atom is 0.241 e. The second-order valence-electron chi connectivity index (χ2n) is 6.23. The van der Waals surface area contributed by atoms with Crippen LogP contribution in [0.1, 0.15) is 26.2 Å². The number of anilines is 1. The average molecular weight is 304 g/mol. The number of nitrogen functional groups attached to an aromatic ring is 1. The minimum atomic E-state index is -3.50. The van der Waals surface area contributed by atoms with Gasteiger partial charge < -0.3 is 5.73 Å². The first-order chi connectivity index (χ1) is 9.90. The highest BCUT2D eigenvalue weighted by molar-refractivity contribution is 7.89. The summed E-state index contributed by atoms with van der Waals surface area (Å²) in [6.07, 6.45) is 3.36. The molecule has 0 unspecified atom stereocenters. The van der Waals surface area contributed by atoms with Gasteiger partial charge in [0.25, 0.3) is 0 Å². The Morgan fingerprint density at radius 2 is 2.00 bits per heavy atom. The minimum absolute atomic E-state index is 0.113. The van der Waals surface area contributed by atoms with Gasteiger partial charge in [-0.25, -0.2) is 13.1 Å². The standard InChI is InChI=1S/C16H20N2O2S/c1-16(8-3-9-16)11-18-21(19,20)15-5-2-4-12-10-13(17)6-7-14(12)15/h2,4-7,10,18H,3,8-9,11,17H2,1H3. The molecule has 1 fully saturated rings. The summed E-state index contributed by atoms with van der Waals surface area (Å²) in [5, 5.41) is 1.55. The van der Waals surface area contributed by atoms with Gasteiger partial charge in [0.1, 0.15) is 0 Å². The van der Waals surface area contributed by atoms with E-state index in [1.54, 1.807) is 30.3 Å². The Balaban J connectivity index is 1.95. The lowest BCUT2D eigenvalue weighted by Gasteiger charge is -2.38. The van der Waals surface area contributed by atoms with Crippen LogP contribution in [0.25, 0.3) is 10.8 Å². The van der Waals surface area contributed by atoms with Gasteiger partial charge in [0.2, 0.25) is 10.0 Å². The number of rotatable bonds is 4. The largest absolute Gasteiger partial charge is 0.399 e. The van der Waals surface area contributed by atoms with Crippen LogP contribution in [0.5, 0.6) is 0 Å². The van der Waals surface area contributed by atoms with E-state index in [4.69, 9.17) is 5.73 Å². The molecular weight excluding hydrogens is 284 g/mol. The minimum Gasteiger partial charge on any atom is -0.399 e. The van der Waals surface area contributed by atoms with Crippen LogP contribution in [0.2, 0.25) is 0 Å². The van der Waals surface area contributed by atoms with Crippen LogP contribution in [-0.2, 0) is 10.0 Å². The lowest BCUT2D eigenvalue weighted by atomic mass is 9.71. The summed E-state index contributed by atoms with van der Waals surface area (Å²) in [6, 6.07) is 10.6. The van der Waals surface area contributed by atoms with Crippen molar-refractivity contribution < 1.29 is 8.42 Å². The van der Waals surface area contributed by atoms with E-state index in [1.165, 1.54) is 6.42 Å². The molecule has 21 heavy (non-hydrogen) atoms. The van der Waals surface area contributed by atoms with Gasteiger partial charge in [0, 0.05) is 17.6 Å². The number of hydrogen-bond acceptors (Lipinski definition) is 3. The molecule has 4 nitrogen and oxygen atoms in total. The van der Waals surface area contributed by atoms with Gasteiger partial charge in [-0.3, -0.25) is 0 Å². The van der Waals surface area contributed by atoms with Crippen molar-refractivity contribution in [2.45, 2.75) is 31.1 Å². The summed E-state index contributed by atoms with van der Waals surface area (Å²) in [4.78, 5) is 0.322. The van der Waals surface area contributed by atoms with Crippen molar-refractivity contribution in [3.63, 3.8) is 0 Å². The third-order valence-electron chi connectivity index (χ3n) is 4.40. The topological polar surface area (TPSA) is 72.2 Å². The van der Waals surface area contributed by atoms with Gasteiger partial charge in [-0.05, 0) is 41.8 Å². The number of sulfonamides is 1. The highest BCUT2D eigenvalue weighted by Crippen LogP contribution is 2.39. The van der Waals surface area contributed by atoms with Crippen molar-refractivity contribution in [1.82, 2.24) is 4.72 Å². The van der Waals surface area contributed by atoms with Gasteiger partial charge in [-0.1, -0.05) is 31.5 Å². The van der Waals surface area contributed by atoms with Crippen LogP contribution in [0.15, 0.2) is 41.3 Å². The average Bonchev–Trinajstić information content (AvgIpc) is 2.42. The van der Waals surface area contributed by atoms with Gasteiger partial charge >= 0.3 is 0 Å². The van der Waals surface area contributed by atoms with Crippen LogP contribution in [0.3, 0.4) is 0 Å². The van der Waals surface area contributed by atoms with Crippen molar-refractivity contribution in [1.29, 1.82) is 0 Å². The fourth-order valence-electron chi connectivity index (χ4n) is 2.81. The molecule has 0 aromatic heterocycles. The monoisotopic (exact) mass is 304 g/mol. The first-order valence-corrected chi connectivity index (χ1v) is 8.66. The lowest BCUT2D eigenvalue weighted by Crippen LogP contribution is -2.39. The predicted molar refractivity (Wildman–Crippen MR) is 85.5 cm³/mol. The molecule has 0 amide bonds. The van der Waals surface area contributed by atoms with E-state index in [0.717, 1.165) is 18.2 Å². The lowest BCUT2D eigenvalue weighted by molar-refractivity contribution is 0.166. The molecule has 2 aromatic carbocycles. The van der Waals surface area contributed by atoms with Crippen LogP contribution in [-0.4, -0.2) is 15.0 Å². The highest BCUT2D eigenvalue weighted by Gasteiger charge is 2.33. The van der Waals surface area contributed by atoms with E-state index in [2.05, 4.69) is 11.6 Å². The molecule has 2 aromatic rings. The fraction of sp³-hybridized carbons (Fsp3) is 0.375. The Bertz CT molecular complexity index is 780. The molecule has 0 aliphatic heterocycles. The molecule has 1 aliphatic carbocycles. The van der Waals surface area contributed by atoms with Crippen molar-refractivity contribution >= 4 is 26.5 Å². The fourth-order valence-corrected chi connectivity index (χ4v) is 4.24. The van der Waals surface area contributed by atoms with Gasteiger partial charge in [0.05, 0.1) is 4.90 Å². The molecule has 1 aliphatic rings. The van der Waals surface area contributed by atoms with Crippen LogP contribution >= 0.6 is 0 Å². The van der Waals surface area contributed by atoms with E-state index >= 15 is 0 Å². The molecule has 0 heterocycles. The SMILES string of the molecule is CC1(CNS(=O)(=O)c2cccc3cc(N)ccc23)CCC1. The quantitative estimate of drug-likeness (QED) is 0.853. The summed E-state index contributed by atoms with van der Waals surface area (Å²) in [5.41, 5.74) is 6.50. The highest BCUT2D eigenvalue weighted by atomic mass is 32.2. The summed E-state index contributed by atoms with van der Waals surface area (Å²) in [7, 11) is -3.50. The first-order valence-electron chi connectivity index (χ1n) is 7.18. The maximum atomic E-state index is 12.6. The summed E-state index contributed by atoms with van der Waals surface area (Å²) in [6.45, 7) is 2.63. The Hall–Kier alpha value is -1.59. The number of fused-ring (bicyclic) bond motifs is 1. The smallest absolute Gasteiger partial charge is 0.241 e. The van der Waals surface area contributed by atoms with Gasteiger partial charge in [-0.15, -0.1) is 0 Å². The Labute approximate surface area is 125 Å². The zero-order chi connectivity index (χ0) is 15.1. The second-order valence-corrected chi connectivity index (χ2v) is 7.96. The molecule has 3 rings (SSSR count). The third-order valence-corrected chi connectivity index (χ3v) is 5.86. The maximum absolute atomic E-state index is 12.6. The van der Waals surface area contributed by atoms with Crippen LogP contribution < -0.4 is 10.5 Å². The zero-order valence-corrected chi connectivity index (χ0v) is 12.9. The first kappa shape index (κ1) is 14.4.